The monoisotopic (exact) mass is 323 g/mol. The number of fused-ring (bicyclic) bond motifs is 1. The highest BCUT2D eigenvalue weighted by atomic mass is 35.5. The molecule has 3 rings (SSSR count). The second-order valence-electron chi connectivity index (χ2n) is 5.30. The van der Waals surface area contributed by atoms with Crippen LogP contribution < -0.4 is 0 Å². The van der Waals surface area contributed by atoms with Gasteiger partial charge in [-0.3, -0.25) is 4.79 Å². The van der Waals surface area contributed by atoms with Gasteiger partial charge in [-0.25, -0.2) is 9.97 Å². The highest BCUT2D eigenvalue weighted by Crippen LogP contribution is 2.45. The number of hydrogen-bond donors (Lipinski definition) is 1. The van der Waals surface area contributed by atoms with Crippen LogP contribution in [0.2, 0.25) is 5.28 Å². The summed E-state index contributed by atoms with van der Waals surface area (Å²) in [5, 5.41) is 9.32. The zero-order chi connectivity index (χ0) is 15.2. The predicted octanol–water partition coefficient (Wildman–Crippen LogP) is 2.54. The highest BCUT2D eigenvalue weighted by molar-refractivity contribution is 7.16. The van der Waals surface area contributed by atoms with Gasteiger partial charge in [-0.05, 0) is 37.6 Å². The van der Waals surface area contributed by atoms with Gasteiger partial charge in [0.1, 0.15) is 0 Å². The summed E-state index contributed by atoms with van der Waals surface area (Å²) in [5.41, 5.74) is 0.976. The van der Waals surface area contributed by atoms with Gasteiger partial charge in [-0.1, -0.05) is 0 Å². The summed E-state index contributed by atoms with van der Waals surface area (Å²) in [7, 11) is 0. The molecular formula is C14H14ClN3O2S. The minimum atomic E-state index is -0.422. The average molecular weight is 324 g/mol. The molecule has 0 spiro atoms. The number of amides is 1. The molecule has 2 aromatic heterocycles. The number of rotatable bonds is 3. The number of aliphatic hydroxyl groups is 1. The molecule has 110 valence electrons. The summed E-state index contributed by atoms with van der Waals surface area (Å²) in [4.78, 5) is 24.1. The van der Waals surface area contributed by atoms with Gasteiger partial charge in [0.15, 0.2) is 0 Å². The fourth-order valence-corrected chi connectivity index (χ4v) is 3.98. The average Bonchev–Trinajstić information content (AvgIpc) is 2.95. The molecule has 0 saturated heterocycles. The maximum absolute atomic E-state index is 12.5. The van der Waals surface area contributed by atoms with Crippen molar-refractivity contribution in [3.63, 3.8) is 0 Å². The Morgan fingerprint density at radius 1 is 1.48 bits per heavy atom. The van der Waals surface area contributed by atoms with Crippen molar-refractivity contribution in [3.8, 4) is 10.6 Å². The molecule has 0 aromatic carbocycles. The van der Waals surface area contributed by atoms with E-state index in [0.717, 1.165) is 9.75 Å². The molecule has 0 aliphatic carbocycles. The van der Waals surface area contributed by atoms with E-state index < -0.39 is 5.54 Å². The molecule has 1 aliphatic heterocycles. The standard InChI is InChI=1S/C14H14ClN3O2S/c1-14(2)11-8(12(20)18(14)5-6-19)7-10(21-11)9-3-4-16-13(15)17-9/h3-4,7,19H,5-6H2,1-2H3. The van der Waals surface area contributed by atoms with Crippen molar-refractivity contribution in [1.29, 1.82) is 0 Å². The summed E-state index contributed by atoms with van der Waals surface area (Å²) < 4.78 is 0. The minimum Gasteiger partial charge on any atom is -0.395 e. The van der Waals surface area contributed by atoms with Crippen LogP contribution in [0.15, 0.2) is 18.3 Å². The smallest absolute Gasteiger partial charge is 0.255 e. The van der Waals surface area contributed by atoms with Crippen molar-refractivity contribution in [2.24, 2.45) is 0 Å². The van der Waals surface area contributed by atoms with E-state index in [2.05, 4.69) is 9.97 Å². The van der Waals surface area contributed by atoms with E-state index in [1.54, 1.807) is 17.2 Å². The highest BCUT2D eigenvalue weighted by Gasteiger charge is 2.44. The summed E-state index contributed by atoms with van der Waals surface area (Å²) in [6, 6.07) is 3.62. The Morgan fingerprint density at radius 2 is 2.24 bits per heavy atom. The van der Waals surface area contributed by atoms with Crippen molar-refractivity contribution in [2.75, 3.05) is 13.2 Å². The second-order valence-corrected chi connectivity index (χ2v) is 6.69. The zero-order valence-corrected chi connectivity index (χ0v) is 13.2. The van der Waals surface area contributed by atoms with Crippen LogP contribution in [0.3, 0.4) is 0 Å². The third-order valence-electron chi connectivity index (χ3n) is 3.64. The fourth-order valence-electron chi connectivity index (χ4n) is 2.61. The summed E-state index contributed by atoms with van der Waals surface area (Å²) in [5.74, 6) is -0.0493. The first kappa shape index (κ1) is 14.4. The van der Waals surface area contributed by atoms with Crippen LogP contribution >= 0.6 is 22.9 Å². The Morgan fingerprint density at radius 3 is 2.86 bits per heavy atom. The number of carbonyl (C=O) groups is 1. The Hall–Kier alpha value is -1.50. The normalized spacial score (nSPS) is 16.4. The summed E-state index contributed by atoms with van der Waals surface area (Å²) in [6.07, 6.45) is 1.60. The molecule has 0 atom stereocenters. The Bertz CT molecular complexity index is 714. The topological polar surface area (TPSA) is 66.3 Å². The fraction of sp³-hybridized carbons (Fsp3) is 0.357. The van der Waals surface area contributed by atoms with Gasteiger partial charge in [0.2, 0.25) is 5.28 Å². The first-order valence-electron chi connectivity index (χ1n) is 6.51. The number of thiophene rings is 1. The molecule has 5 nitrogen and oxygen atoms in total. The minimum absolute atomic E-state index is 0.0432. The van der Waals surface area contributed by atoms with Crippen molar-refractivity contribution < 1.29 is 9.90 Å². The van der Waals surface area contributed by atoms with Gasteiger partial charge in [0.05, 0.1) is 28.3 Å². The molecular weight excluding hydrogens is 310 g/mol. The largest absolute Gasteiger partial charge is 0.395 e. The van der Waals surface area contributed by atoms with Crippen LogP contribution in [-0.2, 0) is 5.54 Å². The van der Waals surface area contributed by atoms with E-state index in [4.69, 9.17) is 16.7 Å². The zero-order valence-electron chi connectivity index (χ0n) is 11.6. The molecule has 1 N–H and O–H groups in total. The van der Waals surface area contributed by atoms with E-state index in [1.165, 1.54) is 11.3 Å². The van der Waals surface area contributed by atoms with Crippen molar-refractivity contribution in [2.45, 2.75) is 19.4 Å². The molecule has 1 amide bonds. The molecule has 0 unspecified atom stereocenters. The first-order chi connectivity index (χ1) is 9.95. The van der Waals surface area contributed by atoms with Crippen LogP contribution in [0.5, 0.6) is 0 Å². The predicted molar refractivity (Wildman–Crippen MR) is 81.5 cm³/mol. The maximum Gasteiger partial charge on any atom is 0.255 e. The molecule has 0 radical (unpaired) electrons. The van der Waals surface area contributed by atoms with Crippen LogP contribution in [0.25, 0.3) is 10.6 Å². The van der Waals surface area contributed by atoms with Crippen LogP contribution in [0.1, 0.15) is 29.1 Å². The lowest BCUT2D eigenvalue weighted by atomic mass is 10.0. The number of carbonyl (C=O) groups excluding carboxylic acids is 1. The molecule has 21 heavy (non-hydrogen) atoms. The van der Waals surface area contributed by atoms with E-state index in [1.807, 2.05) is 19.9 Å². The van der Waals surface area contributed by atoms with Crippen molar-refractivity contribution in [3.05, 3.63) is 34.1 Å². The lowest BCUT2D eigenvalue weighted by Crippen LogP contribution is -2.40. The Kier molecular flexibility index (Phi) is 3.47. The van der Waals surface area contributed by atoms with E-state index in [0.29, 0.717) is 17.8 Å². The number of aromatic nitrogens is 2. The number of halogens is 1. The van der Waals surface area contributed by atoms with Crippen molar-refractivity contribution in [1.82, 2.24) is 14.9 Å². The molecule has 3 heterocycles. The third kappa shape index (κ3) is 2.23. The van der Waals surface area contributed by atoms with Crippen LogP contribution in [-0.4, -0.2) is 39.0 Å². The van der Waals surface area contributed by atoms with Gasteiger partial charge in [0.25, 0.3) is 5.91 Å². The quantitative estimate of drug-likeness (QED) is 0.881. The molecule has 7 heteroatoms. The van der Waals surface area contributed by atoms with Gasteiger partial charge in [-0.15, -0.1) is 11.3 Å². The molecule has 1 aliphatic rings. The number of β-amino-alcohol motifs (C(OH)–C–C–N with tert-alkyl or cyclic N) is 1. The van der Waals surface area contributed by atoms with E-state index in [-0.39, 0.29) is 17.8 Å². The Balaban J connectivity index is 2.05. The number of nitrogens with zero attached hydrogens (tertiary/aromatic N) is 3. The molecule has 0 bridgehead atoms. The molecule has 0 fully saturated rings. The lowest BCUT2D eigenvalue weighted by Gasteiger charge is -2.31. The maximum atomic E-state index is 12.5. The third-order valence-corrected chi connectivity index (χ3v) is 5.29. The van der Waals surface area contributed by atoms with E-state index >= 15 is 0 Å². The van der Waals surface area contributed by atoms with Gasteiger partial charge < -0.3 is 10.0 Å². The van der Waals surface area contributed by atoms with E-state index in [9.17, 15) is 4.79 Å². The summed E-state index contributed by atoms with van der Waals surface area (Å²) >= 11 is 7.35. The SMILES string of the molecule is CC1(C)c2sc(-c3ccnc(Cl)n3)cc2C(=O)N1CCO. The molecule has 0 saturated carbocycles. The second kappa shape index (κ2) is 5.05. The van der Waals surface area contributed by atoms with Crippen LogP contribution in [0.4, 0.5) is 0 Å². The Labute approximate surface area is 131 Å². The molecule has 2 aromatic rings. The lowest BCUT2D eigenvalue weighted by molar-refractivity contribution is 0.0565. The van der Waals surface area contributed by atoms with Gasteiger partial charge in [-0.2, -0.15) is 0 Å². The number of aliphatic hydroxyl groups excluding tert-OH is 1. The van der Waals surface area contributed by atoms with Crippen molar-refractivity contribution >= 4 is 28.8 Å². The number of hydrogen-bond acceptors (Lipinski definition) is 5. The van der Waals surface area contributed by atoms with Gasteiger partial charge in [0, 0.05) is 17.6 Å². The van der Waals surface area contributed by atoms with Crippen LogP contribution in [0, 0.1) is 0 Å². The summed E-state index contributed by atoms with van der Waals surface area (Å²) in [6.45, 7) is 4.26. The van der Waals surface area contributed by atoms with Gasteiger partial charge >= 0.3 is 0 Å². The first-order valence-corrected chi connectivity index (χ1v) is 7.70.